The molecule has 2 atom stereocenters. The number of allylic oxidation sites excluding steroid dienone is 2. The van der Waals surface area contributed by atoms with Crippen LogP contribution < -0.4 is 4.74 Å². The maximum absolute atomic E-state index is 13.2. The first-order chi connectivity index (χ1) is 13.8. The first-order valence-corrected chi connectivity index (χ1v) is 10.4. The number of hydrogen-bond acceptors (Lipinski definition) is 5. The van der Waals surface area contributed by atoms with E-state index in [2.05, 4.69) is 20.8 Å². The number of unbranched alkanes of at least 4 members (excludes halogenated alkanes) is 1. The van der Waals surface area contributed by atoms with Crippen molar-refractivity contribution in [1.82, 2.24) is 0 Å². The molecule has 1 aromatic carbocycles. The van der Waals surface area contributed by atoms with Crippen LogP contribution in [0.3, 0.4) is 0 Å². The fraction of sp³-hybridized carbons (Fsp3) is 0.542. The van der Waals surface area contributed by atoms with Gasteiger partial charge in [0.15, 0.2) is 5.78 Å². The van der Waals surface area contributed by atoms with Crippen molar-refractivity contribution in [2.75, 3.05) is 13.7 Å². The van der Waals surface area contributed by atoms with Gasteiger partial charge in [0.1, 0.15) is 11.7 Å². The summed E-state index contributed by atoms with van der Waals surface area (Å²) >= 11 is 0. The minimum Gasteiger partial charge on any atom is -0.496 e. The Kier molecular flexibility index (Phi) is 6.25. The second-order valence-corrected chi connectivity index (χ2v) is 8.77. The molecule has 3 rings (SSSR count). The summed E-state index contributed by atoms with van der Waals surface area (Å²) in [7, 11) is 1.61. The molecule has 0 fully saturated rings. The van der Waals surface area contributed by atoms with Crippen LogP contribution in [0, 0.1) is 11.3 Å². The number of carbonyl (C=O) groups excluding carboxylic acids is 2. The van der Waals surface area contributed by atoms with Gasteiger partial charge in [0, 0.05) is 34.9 Å². The molecule has 29 heavy (non-hydrogen) atoms. The summed E-state index contributed by atoms with van der Waals surface area (Å²) in [6.07, 6.45) is 2.93. The zero-order chi connectivity index (χ0) is 21.2. The summed E-state index contributed by atoms with van der Waals surface area (Å²) in [5.41, 5.74) is 2.85. The molecular weight excluding hydrogens is 366 g/mol. The highest BCUT2D eigenvalue weighted by Crippen LogP contribution is 2.49. The lowest BCUT2D eigenvalue weighted by Gasteiger charge is -2.39. The number of carbonyl (C=O) groups is 2. The lowest BCUT2D eigenvalue weighted by molar-refractivity contribution is -0.146. The normalized spacial score (nSPS) is 23.3. The van der Waals surface area contributed by atoms with E-state index in [1.165, 1.54) is 0 Å². The van der Waals surface area contributed by atoms with Gasteiger partial charge in [0.05, 0.1) is 13.7 Å². The van der Waals surface area contributed by atoms with Crippen molar-refractivity contribution in [2.45, 2.75) is 59.3 Å². The lowest BCUT2D eigenvalue weighted by Crippen LogP contribution is -2.39. The number of nitrogens with zero attached hydrogens (tertiary/aromatic N) is 1. The van der Waals surface area contributed by atoms with E-state index in [1.54, 1.807) is 7.11 Å². The summed E-state index contributed by atoms with van der Waals surface area (Å²) in [6.45, 7) is 8.47. The Balaban J connectivity index is 2.12. The summed E-state index contributed by atoms with van der Waals surface area (Å²) < 4.78 is 11.2. The molecule has 5 heteroatoms. The maximum atomic E-state index is 13.2. The molecule has 0 N–H and O–H groups in total. The minimum absolute atomic E-state index is 0.0646. The van der Waals surface area contributed by atoms with Crippen molar-refractivity contribution in [3.05, 3.63) is 41.1 Å². The van der Waals surface area contributed by atoms with Crippen LogP contribution in [0.2, 0.25) is 0 Å². The number of esters is 1. The second kappa shape index (κ2) is 8.52. The fourth-order valence-electron chi connectivity index (χ4n) is 4.42. The van der Waals surface area contributed by atoms with Crippen LogP contribution in [0.5, 0.6) is 5.75 Å². The maximum Gasteiger partial charge on any atom is 0.315 e. The molecule has 1 aliphatic carbocycles. The molecule has 1 heterocycles. The zero-order valence-corrected chi connectivity index (χ0v) is 18.1. The largest absolute Gasteiger partial charge is 0.496 e. The van der Waals surface area contributed by atoms with Gasteiger partial charge in [0.2, 0.25) is 0 Å². The first-order valence-electron chi connectivity index (χ1n) is 10.4. The van der Waals surface area contributed by atoms with E-state index in [4.69, 9.17) is 14.5 Å². The molecule has 0 saturated heterocycles. The molecular formula is C24H31NO4. The van der Waals surface area contributed by atoms with Crippen molar-refractivity contribution >= 4 is 17.5 Å². The third kappa shape index (κ3) is 4.29. The average molecular weight is 398 g/mol. The summed E-state index contributed by atoms with van der Waals surface area (Å²) in [4.78, 5) is 31.1. The number of rotatable bonds is 6. The van der Waals surface area contributed by atoms with Crippen LogP contribution in [0.4, 0.5) is 0 Å². The lowest BCUT2D eigenvalue weighted by atomic mass is 9.66. The number of ether oxygens (including phenoxy) is 2. The van der Waals surface area contributed by atoms with E-state index < -0.39 is 11.8 Å². The van der Waals surface area contributed by atoms with Gasteiger partial charge in [0.25, 0.3) is 0 Å². The van der Waals surface area contributed by atoms with E-state index in [-0.39, 0.29) is 17.2 Å². The summed E-state index contributed by atoms with van der Waals surface area (Å²) in [5.74, 6) is -0.638. The minimum atomic E-state index is -0.618. The van der Waals surface area contributed by atoms with Crippen molar-refractivity contribution in [2.24, 2.45) is 16.3 Å². The van der Waals surface area contributed by atoms with E-state index in [0.717, 1.165) is 24.1 Å². The smallest absolute Gasteiger partial charge is 0.315 e. The Bertz CT molecular complexity index is 865. The molecule has 0 saturated carbocycles. The number of para-hydroxylation sites is 1. The molecule has 0 aromatic heterocycles. The standard InChI is InChI=1S/C24H31NO4/c1-6-7-12-29-23(27)20-15(2)25-17-13-24(3,4)14-18(26)22(17)21(20)16-10-8-9-11-19(16)28-5/h8-11,20-21H,6-7,12-14H2,1-5H3/t20?,21-/m1/s1. The van der Waals surface area contributed by atoms with E-state index in [9.17, 15) is 9.59 Å². The molecule has 0 radical (unpaired) electrons. The fourth-order valence-corrected chi connectivity index (χ4v) is 4.42. The summed E-state index contributed by atoms with van der Waals surface area (Å²) in [5, 5.41) is 0. The van der Waals surface area contributed by atoms with Gasteiger partial charge in [-0.05, 0) is 31.2 Å². The average Bonchev–Trinajstić information content (AvgIpc) is 2.65. The zero-order valence-electron chi connectivity index (χ0n) is 18.1. The topological polar surface area (TPSA) is 65.0 Å². The Morgan fingerprint density at radius 2 is 1.97 bits per heavy atom. The predicted molar refractivity (Wildman–Crippen MR) is 113 cm³/mol. The van der Waals surface area contributed by atoms with Crippen LogP contribution in [-0.4, -0.2) is 31.2 Å². The Labute approximate surface area is 173 Å². The van der Waals surface area contributed by atoms with Crippen LogP contribution in [-0.2, 0) is 14.3 Å². The molecule has 1 aliphatic heterocycles. The number of Topliss-reactive ketones (excluding diaryl/α,β-unsaturated/α-hetero) is 1. The second-order valence-electron chi connectivity index (χ2n) is 8.77. The molecule has 0 bridgehead atoms. The Morgan fingerprint density at radius 1 is 1.24 bits per heavy atom. The van der Waals surface area contributed by atoms with Gasteiger partial charge in [-0.1, -0.05) is 45.4 Å². The van der Waals surface area contributed by atoms with E-state index in [1.807, 2.05) is 31.2 Å². The van der Waals surface area contributed by atoms with Crippen LogP contribution in [0.25, 0.3) is 0 Å². The third-order valence-electron chi connectivity index (χ3n) is 5.77. The van der Waals surface area contributed by atoms with Crippen LogP contribution in [0.15, 0.2) is 40.5 Å². The number of benzene rings is 1. The number of hydrogen-bond donors (Lipinski definition) is 0. The summed E-state index contributed by atoms with van der Waals surface area (Å²) in [6, 6.07) is 7.61. The SMILES string of the molecule is CCCCOC(=O)C1C(C)=NC2=C(C(=O)CC(C)(C)C2)[C@@H]1c1ccccc1OC. The number of ketones is 1. The highest BCUT2D eigenvalue weighted by atomic mass is 16.5. The molecule has 2 aliphatic rings. The van der Waals surface area contributed by atoms with Crippen molar-refractivity contribution in [1.29, 1.82) is 0 Å². The van der Waals surface area contributed by atoms with Crippen molar-refractivity contribution in [3.8, 4) is 5.75 Å². The molecule has 0 amide bonds. The van der Waals surface area contributed by atoms with E-state index in [0.29, 0.717) is 36.5 Å². The van der Waals surface area contributed by atoms with Gasteiger partial charge < -0.3 is 9.47 Å². The first kappa shape index (κ1) is 21.3. The molecule has 1 unspecified atom stereocenters. The Morgan fingerprint density at radius 3 is 2.66 bits per heavy atom. The van der Waals surface area contributed by atoms with Crippen LogP contribution >= 0.6 is 0 Å². The molecule has 1 aromatic rings. The van der Waals surface area contributed by atoms with Gasteiger partial charge in [-0.3, -0.25) is 14.6 Å². The van der Waals surface area contributed by atoms with E-state index >= 15 is 0 Å². The van der Waals surface area contributed by atoms with Gasteiger partial charge >= 0.3 is 5.97 Å². The monoisotopic (exact) mass is 397 g/mol. The molecule has 156 valence electrons. The van der Waals surface area contributed by atoms with Crippen molar-refractivity contribution in [3.63, 3.8) is 0 Å². The Hall–Kier alpha value is -2.43. The van der Waals surface area contributed by atoms with Crippen molar-refractivity contribution < 1.29 is 19.1 Å². The third-order valence-corrected chi connectivity index (χ3v) is 5.77. The number of methoxy groups -OCH3 is 1. The van der Waals surface area contributed by atoms with Gasteiger partial charge in [-0.25, -0.2) is 0 Å². The van der Waals surface area contributed by atoms with Crippen LogP contribution in [0.1, 0.15) is 64.9 Å². The quantitative estimate of drug-likeness (QED) is 0.508. The van der Waals surface area contributed by atoms with Gasteiger partial charge in [-0.15, -0.1) is 0 Å². The molecule has 0 spiro atoms. The van der Waals surface area contributed by atoms with Gasteiger partial charge in [-0.2, -0.15) is 0 Å². The molecule has 5 nitrogen and oxygen atoms in total. The number of aliphatic imine (C=N–C) groups is 1. The highest BCUT2D eigenvalue weighted by Gasteiger charge is 2.46. The predicted octanol–water partition coefficient (Wildman–Crippen LogP) is 4.86. The highest BCUT2D eigenvalue weighted by molar-refractivity contribution is 6.09.